The van der Waals surface area contributed by atoms with Crippen molar-refractivity contribution in [1.29, 1.82) is 0 Å². The highest BCUT2D eigenvalue weighted by Gasteiger charge is 2.28. The van der Waals surface area contributed by atoms with Crippen molar-refractivity contribution in [3.8, 4) is 0 Å². The second-order valence-corrected chi connectivity index (χ2v) is 4.32. The Bertz CT molecular complexity index is 236. The summed E-state index contributed by atoms with van der Waals surface area (Å²) in [4.78, 5) is 0. The molecule has 0 amide bonds. The van der Waals surface area contributed by atoms with E-state index >= 15 is 0 Å². The lowest BCUT2D eigenvalue weighted by molar-refractivity contribution is 0.0590. The van der Waals surface area contributed by atoms with Crippen molar-refractivity contribution in [2.75, 3.05) is 0 Å². The van der Waals surface area contributed by atoms with E-state index in [1.807, 2.05) is 13.8 Å². The fourth-order valence-electron chi connectivity index (χ4n) is 1.57. The molecule has 0 aliphatic carbocycles. The van der Waals surface area contributed by atoms with E-state index in [-0.39, 0.29) is 5.92 Å². The molecule has 80 valence electrons. The second-order valence-electron chi connectivity index (χ2n) is 4.32. The van der Waals surface area contributed by atoms with Gasteiger partial charge in [-0.05, 0) is 33.6 Å². The first-order valence-corrected chi connectivity index (χ1v) is 4.97. The lowest BCUT2D eigenvalue weighted by Crippen LogP contribution is -2.32. The van der Waals surface area contributed by atoms with E-state index in [9.17, 15) is 5.11 Å². The maximum Gasteiger partial charge on any atom is 0.0861 e. The summed E-state index contributed by atoms with van der Waals surface area (Å²) in [5, 5.41) is 10.1. The predicted molar refractivity (Wildman–Crippen MR) is 63.2 cm³/mol. The molecule has 1 N–H and O–H groups in total. The number of rotatable bonds is 6. The van der Waals surface area contributed by atoms with E-state index in [2.05, 4.69) is 19.7 Å². The van der Waals surface area contributed by atoms with Crippen LogP contribution in [0, 0.1) is 5.92 Å². The minimum Gasteiger partial charge on any atom is -0.385 e. The molecule has 2 atom stereocenters. The molecule has 0 fully saturated rings. The molecule has 0 rings (SSSR count). The number of hydrogen-bond acceptors (Lipinski definition) is 1. The number of allylic oxidation sites excluding steroid dienone is 1. The SMILES string of the molecule is C=CC(C)(O)C(CCC(=C)C)C(=C)C. The summed E-state index contributed by atoms with van der Waals surface area (Å²) in [7, 11) is 0. The lowest BCUT2D eigenvalue weighted by atomic mass is 9.80. The Kier molecular flexibility index (Phi) is 4.86. The van der Waals surface area contributed by atoms with Crippen LogP contribution in [0.15, 0.2) is 37.0 Å². The van der Waals surface area contributed by atoms with E-state index < -0.39 is 5.60 Å². The van der Waals surface area contributed by atoms with Crippen LogP contribution >= 0.6 is 0 Å². The maximum atomic E-state index is 10.1. The topological polar surface area (TPSA) is 20.2 Å². The fourth-order valence-corrected chi connectivity index (χ4v) is 1.57. The normalized spacial score (nSPS) is 16.9. The van der Waals surface area contributed by atoms with Crippen LogP contribution in [-0.2, 0) is 0 Å². The summed E-state index contributed by atoms with van der Waals surface area (Å²) in [5.74, 6) is 0.0664. The standard InChI is InChI=1S/C13H22O/c1-7-13(6,14)12(11(4)5)9-8-10(2)3/h7,12,14H,1-2,4,8-9H2,3,5-6H3. The van der Waals surface area contributed by atoms with E-state index in [0.29, 0.717) is 0 Å². The minimum absolute atomic E-state index is 0.0664. The third kappa shape index (κ3) is 3.93. The Morgan fingerprint density at radius 2 is 1.93 bits per heavy atom. The zero-order valence-corrected chi connectivity index (χ0v) is 9.64. The quantitative estimate of drug-likeness (QED) is 0.642. The Hall–Kier alpha value is -0.820. The fraction of sp³-hybridized carbons (Fsp3) is 0.538. The van der Waals surface area contributed by atoms with Gasteiger partial charge in [-0.15, -0.1) is 13.2 Å². The summed E-state index contributed by atoms with van der Waals surface area (Å²) < 4.78 is 0. The molecule has 0 aromatic rings. The van der Waals surface area contributed by atoms with E-state index in [1.54, 1.807) is 13.0 Å². The van der Waals surface area contributed by atoms with Gasteiger partial charge in [-0.2, -0.15) is 0 Å². The van der Waals surface area contributed by atoms with Gasteiger partial charge in [-0.25, -0.2) is 0 Å². The summed E-state index contributed by atoms with van der Waals surface area (Å²) in [5.41, 5.74) is 1.27. The van der Waals surface area contributed by atoms with Gasteiger partial charge >= 0.3 is 0 Å². The Morgan fingerprint density at radius 1 is 1.43 bits per heavy atom. The van der Waals surface area contributed by atoms with Crippen molar-refractivity contribution in [2.45, 2.75) is 39.2 Å². The van der Waals surface area contributed by atoms with E-state index in [1.165, 1.54) is 0 Å². The van der Waals surface area contributed by atoms with Crippen LogP contribution in [0.2, 0.25) is 0 Å². The van der Waals surface area contributed by atoms with Crippen molar-refractivity contribution in [3.05, 3.63) is 37.0 Å². The summed E-state index contributed by atoms with van der Waals surface area (Å²) >= 11 is 0. The molecule has 0 aliphatic rings. The van der Waals surface area contributed by atoms with E-state index in [4.69, 9.17) is 0 Å². The van der Waals surface area contributed by atoms with Gasteiger partial charge in [-0.1, -0.05) is 23.8 Å². The van der Waals surface area contributed by atoms with Crippen LogP contribution in [0.25, 0.3) is 0 Å². The highest BCUT2D eigenvalue weighted by Crippen LogP contribution is 2.29. The average Bonchev–Trinajstić information content (AvgIpc) is 2.03. The summed E-state index contributed by atoms with van der Waals surface area (Å²) in [6, 6.07) is 0. The first kappa shape index (κ1) is 13.2. The van der Waals surface area contributed by atoms with Crippen molar-refractivity contribution < 1.29 is 5.11 Å². The number of aliphatic hydroxyl groups is 1. The Morgan fingerprint density at radius 3 is 2.21 bits per heavy atom. The van der Waals surface area contributed by atoms with Crippen LogP contribution in [0.1, 0.15) is 33.6 Å². The van der Waals surface area contributed by atoms with Gasteiger partial charge in [0.15, 0.2) is 0 Å². The van der Waals surface area contributed by atoms with Gasteiger partial charge < -0.3 is 5.11 Å². The van der Waals surface area contributed by atoms with Crippen LogP contribution < -0.4 is 0 Å². The monoisotopic (exact) mass is 194 g/mol. The third-order valence-corrected chi connectivity index (χ3v) is 2.57. The predicted octanol–water partition coefficient (Wildman–Crippen LogP) is 3.47. The summed E-state index contributed by atoms with van der Waals surface area (Å²) in [6.45, 7) is 17.1. The van der Waals surface area contributed by atoms with Gasteiger partial charge in [0.05, 0.1) is 5.60 Å². The zero-order valence-electron chi connectivity index (χ0n) is 9.64. The number of hydrogen-bond donors (Lipinski definition) is 1. The van der Waals surface area contributed by atoms with Gasteiger partial charge in [0, 0.05) is 5.92 Å². The molecule has 1 heteroatoms. The molecule has 1 nitrogen and oxygen atoms in total. The molecule has 0 saturated heterocycles. The zero-order chi connectivity index (χ0) is 11.4. The van der Waals surface area contributed by atoms with Crippen LogP contribution in [0.3, 0.4) is 0 Å². The molecule has 0 spiro atoms. The Labute approximate surface area is 87.8 Å². The second kappa shape index (κ2) is 5.16. The molecule has 2 unspecified atom stereocenters. The van der Waals surface area contributed by atoms with Crippen molar-refractivity contribution in [2.24, 2.45) is 5.92 Å². The largest absolute Gasteiger partial charge is 0.385 e. The highest BCUT2D eigenvalue weighted by atomic mass is 16.3. The minimum atomic E-state index is -0.860. The van der Waals surface area contributed by atoms with E-state index in [0.717, 1.165) is 24.0 Å². The molecule has 14 heavy (non-hydrogen) atoms. The molecule has 0 radical (unpaired) electrons. The third-order valence-electron chi connectivity index (χ3n) is 2.57. The van der Waals surface area contributed by atoms with Gasteiger partial charge in [0.25, 0.3) is 0 Å². The average molecular weight is 194 g/mol. The highest BCUT2D eigenvalue weighted by molar-refractivity contribution is 5.11. The first-order chi connectivity index (χ1) is 6.31. The smallest absolute Gasteiger partial charge is 0.0861 e. The summed E-state index contributed by atoms with van der Waals surface area (Å²) in [6.07, 6.45) is 3.38. The molecular formula is C13H22O. The van der Waals surface area contributed by atoms with Crippen molar-refractivity contribution in [3.63, 3.8) is 0 Å². The van der Waals surface area contributed by atoms with Crippen molar-refractivity contribution in [1.82, 2.24) is 0 Å². The van der Waals surface area contributed by atoms with Crippen LogP contribution in [-0.4, -0.2) is 10.7 Å². The molecule has 0 saturated carbocycles. The molecule has 0 aromatic carbocycles. The molecular weight excluding hydrogens is 172 g/mol. The molecule has 0 bridgehead atoms. The molecule has 0 aliphatic heterocycles. The van der Waals surface area contributed by atoms with Crippen molar-refractivity contribution >= 4 is 0 Å². The first-order valence-electron chi connectivity index (χ1n) is 4.97. The molecule has 0 aromatic heterocycles. The van der Waals surface area contributed by atoms with Gasteiger partial charge in [0.1, 0.15) is 0 Å². The molecule has 0 heterocycles. The van der Waals surface area contributed by atoms with Crippen LogP contribution in [0.4, 0.5) is 0 Å². The van der Waals surface area contributed by atoms with Gasteiger partial charge in [0.2, 0.25) is 0 Å². The lowest BCUT2D eigenvalue weighted by Gasteiger charge is -2.30. The van der Waals surface area contributed by atoms with Crippen LogP contribution in [0.5, 0.6) is 0 Å². The maximum absolute atomic E-state index is 10.1. The Balaban J connectivity index is 4.53. The van der Waals surface area contributed by atoms with Gasteiger partial charge in [-0.3, -0.25) is 0 Å².